The van der Waals surface area contributed by atoms with Crippen molar-refractivity contribution in [3.05, 3.63) is 130 Å². The molecule has 0 aliphatic carbocycles. The maximum absolute atomic E-state index is 5.76. The van der Waals surface area contributed by atoms with Crippen LogP contribution in [0.4, 0.5) is 11.4 Å². The van der Waals surface area contributed by atoms with Gasteiger partial charge in [0.05, 0.1) is 0 Å². The zero-order valence-electron chi connectivity index (χ0n) is 17.9. The first-order chi connectivity index (χ1) is 15.1. The first-order valence-corrected chi connectivity index (χ1v) is 11.0. The third-order valence-corrected chi connectivity index (χ3v) is 5.82. The summed E-state index contributed by atoms with van der Waals surface area (Å²) in [7, 11) is 0. The van der Waals surface area contributed by atoms with Crippen molar-refractivity contribution in [2.45, 2.75) is 32.1 Å². The van der Waals surface area contributed by atoms with E-state index >= 15 is 0 Å². The van der Waals surface area contributed by atoms with E-state index in [-0.39, 0.29) is 0 Å². The average molecular weight is 407 g/mol. The lowest BCUT2D eigenvalue weighted by atomic mass is 9.98. The molecule has 0 saturated heterocycles. The van der Waals surface area contributed by atoms with Crippen molar-refractivity contribution in [1.82, 2.24) is 0 Å². The second-order valence-electron chi connectivity index (χ2n) is 8.29. The molecule has 0 unspecified atom stereocenters. The summed E-state index contributed by atoms with van der Waals surface area (Å²) >= 11 is 0. The van der Waals surface area contributed by atoms with E-state index in [2.05, 4.69) is 72.8 Å². The van der Waals surface area contributed by atoms with Gasteiger partial charge in [0, 0.05) is 11.4 Å². The molecule has 0 saturated carbocycles. The van der Waals surface area contributed by atoms with E-state index in [4.69, 9.17) is 11.5 Å². The average Bonchev–Trinajstić information content (AvgIpc) is 2.80. The molecular formula is C29H30N2. The minimum Gasteiger partial charge on any atom is -0.399 e. The van der Waals surface area contributed by atoms with Gasteiger partial charge in [0.2, 0.25) is 0 Å². The lowest BCUT2D eigenvalue weighted by molar-refractivity contribution is 0.956. The maximum atomic E-state index is 5.76. The quantitative estimate of drug-likeness (QED) is 0.352. The predicted octanol–water partition coefficient (Wildman–Crippen LogP) is 6.01. The second kappa shape index (κ2) is 9.99. The smallest absolute Gasteiger partial charge is 0.0314 e. The topological polar surface area (TPSA) is 52.0 Å². The van der Waals surface area contributed by atoms with Crippen molar-refractivity contribution in [3.8, 4) is 0 Å². The summed E-state index contributed by atoms with van der Waals surface area (Å²) in [6, 6.07) is 34.4. The number of nitrogen functional groups attached to an aromatic ring is 2. The van der Waals surface area contributed by atoms with E-state index in [1.807, 2.05) is 24.3 Å². The Morgan fingerprint density at radius 2 is 0.548 bits per heavy atom. The monoisotopic (exact) mass is 406 g/mol. The molecular weight excluding hydrogens is 376 g/mol. The van der Waals surface area contributed by atoms with Crippen molar-refractivity contribution in [1.29, 1.82) is 0 Å². The molecule has 0 amide bonds. The second-order valence-corrected chi connectivity index (χ2v) is 8.29. The zero-order valence-corrected chi connectivity index (χ0v) is 17.9. The standard InChI is InChI=1S/C29H30N2/c30-28-17-13-24(14-18-28)3-1-22-5-9-26(10-6-22)21-27-11-7-23(8-12-27)2-4-25-15-19-29(31)20-16-25/h5-20H,1-4,21,30-31H2. The fourth-order valence-corrected chi connectivity index (χ4v) is 3.83. The van der Waals surface area contributed by atoms with Crippen LogP contribution in [0.1, 0.15) is 33.4 Å². The summed E-state index contributed by atoms with van der Waals surface area (Å²) in [4.78, 5) is 0. The Balaban J connectivity index is 1.27. The molecule has 0 spiro atoms. The van der Waals surface area contributed by atoms with Gasteiger partial charge >= 0.3 is 0 Å². The summed E-state index contributed by atoms with van der Waals surface area (Å²) in [6.07, 6.45) is 5.14. The maximum Gasteiger partial charge on any atom is 0.0314 e. The minimum absolute atomic E-state index is 0.822. The molecule has 0 aliphatic rings. The largest absolute Gasteiger partial charge is 0.399 e. The summed E-state index contributed by atoms with van der Waals surface area (Å²) < 4.78 is 0. The van der Waals surface area contributed by atoms with E-state index in [0.29, 0.717) is 0 Å². The fraction of sp³-hybridized carbons (Fsp3) is 0.172. The Bertz CT molecular complexity index is 987. The van der Waals surface area contributed by atoms with E-state index in [0.717, 1.165) is 43.5 Å². The number of nitrogens with two attached hydrogens (primary N) is 2. The molecule has 0 bridgehead atoms. The van der Waals surface area contributed by atoms with Crippen LogP contribution in [0.2, 0.25) is 0 Å². The van der Waals surface area contributed by atoms with Gasteiger partial charge in [-0.15, -0.1) is 0 Å². The van der Waals surface area contributed by atoms with Crippen LogP contribution in [0.15, 0.2) is 97.1 Å². The van der Waals surface area contributed by atoms with Gasteiger partial charge in [0.15, 0.2) is 0 Å². The Kier molecular flexibility index (Phi) is 6.68. The van der Waals surface area contributed by atoms with E-state index in [1.165, 1.54) is 33.4 Å². The lowest BCUT2D eigenvalue weighted by Crippen LogP contribution is -1.95. The van der Waals surface area contributed by atoms with Gasteiger partial charge in [-0.1, -0.05) is 72.8 Å². The third-order valence-electron chi connectivity index (χ3n) is 5.82. The third kappa shape index (κ3) is 6.23. The number of benzene rings is 4. The summed E-state index contributed by atoms with van der Waals surface area (Å²) in [5.41, 5.74) is 21.3. The van der Waals surface area contributed by atoms with Crippen molar-refractivity contribution < 1.29 is 0 Å². The van der Waals surface area contributed by atoms with E-state index in [1.54, 1.807) is 0 Å². The highest BCUT2D eigenvalue weighted by atomic mass is 14.5. The van der Waals surface area contributed by atoms with Crippen LogP contribution in [0, 0.1) is 0 Å². The van der Waals surface area contributed by atoms with Crippen molar-refractivity contribution in [3.63, 3.8) is 0 Å². The molecule has 0 heterocycles. The number of hydrogen-bond donors (Lipinski definition) is 2. The van der Waals surface area contributed by atoms with Gasteiger partial charge < -0.3 is 11.5 Å². The highest BCUT2D eigenvalue weighted by molar-refractivity contribution is 5.40. The van der Waals surface area contributed by atoms with Gasteiger partial charge in [-0.05, 0) is 89.8 Å². The Labute approximate surface area is 185 Å². The molecule has 0 aromatic heterocycles. The molecule has 2 heteroatoms. The number of hydrogen-bond acceptors (Lipinski definition) is 2. The molecule has 156 valence electrons. The van der Waals surface area contributed by atoms with Crippen LogP contribution >= 0.6 is 0 Å². The SMILES string of the molecule is Nc1ccc(CCc2ccc(Cc3ccc(CCc4ccc(N)cc4)cc3)cc2)cc1. The van der Waals surface area contributed by atoms with Crippen LogP contribution in [0.5, 0.6) is 0 Å². The van der Waals surface area contributed by atoms with Crippen LogP contribution in [0.25, 0.3) is 0 Å². The van der Waals surface area contributed by atoms with E-state index < -0.39 is 0 Å². The number of rotatable bonds is 8. The van der Waals surface area contributed by atoms with Gasteiger partial charge in [0.25, 0.3) is 0 Å². The van der Waals surface area contributed by atoms with Crippen molar-refractivity contribution >= 4 is 11.4 Å². The molecule has 0 aliphatic heterocycles. The molecule has 0 radical (unpaired) electrons. The van der Waals surface area contributed by atoms with Crippen molar-refractivity contribution in [2.75, 3.05) is 11.5 Å². The number of anilines is 2. The highest BCUT2D eigenvalue weighted by Crippen LogP contribution is 2.16. The fourth-order valence-electron chi connectivity index (χ4n) is 3.83. The van der Waals surface area contributed by atoms with Crippen LogP contribution in [-0.4, -0.2) is 0 Å². The van der Waals surface area contributed by atoms with Crippen LogP contribution in [-0.2, 0) is 32.1 Å². The summed E-state index contributed by atoms with van der Waals surface area (Å²) in [5.74, 6) is 0. The normalized spacial score (nSPS) is 10.8. The van der Waals surface area contributed by atoms with Gasteiger partial charge in [-0.2, -0.15) is 0 Å². The molecule has 4 rings (SSSR count). The predicted molar refractivity (Wildman–Crippen MR) is 132 cm³/mol. The summed E-state index contributed by atoms with van der Waals surface area (Å²) in [6.45, 7) is 0. The Hall–Kier alpha value is -3.52. The van der Waals surface area contributed by atoms with E-state index in [9.17, 15) is 0 Å². The summed E-state index contributed by atoms with van der Waals surface area (Å²) in [5, 5.41) is 0. The van der Waals surface area contributed by atoms with Gasteiger partial charge in [-0.3, -0.25) is 0 Å². The molecule has 0 fully saturated rings. The first kappa shape index (κ1) is 20.7. The molecule has 4 aromatic rings. The first-order valence-electron chi connectivity index (χ1n) is 11.0. The van der Waals surface area contributed by atoms with Gasteiger partial charge in [0.1, 0.15) is 0 Å². The molecule has 2 nitrogen and oxygen atoms in total. The molecule has 31 heavy (non-hydrogen) atoms. The zero-order chi connectivity index (χ0) is 21.5. The molecule has 4 N–H and O–H groups in total. The van der Waals surface area contributed by atoms with Crippen LogP contribution in [0.3, 0.4) is 0 Å². The lowest BCUT2D eigenvalue weighted by Gasteiger charge is -2.07. The molecule has 0 atom stereocenters. The molecule has 4 aromatic carbocycles. The minimum atomic E-state index is 0.822. The Morgan fingerprint density at radius 1 is 0.323 bits per heavy atom. The van der Waals surface area contributed by atoms with Gasteiger partial charge in [-0.25, -0.2) is 0 Å². The van der Waals surface area contributed by atoms with Crippen LogP contribution < -0.4 is 11.5 Å². The Morgan fingerprint density at radius 3 is 0.839 bits per heavy atom. The highest BCUT2D eigenvalue weighted by Gasteiger charge is 2.01. The van der Waals surface area contributed by atoms with Crippen molar-refractivity contribution in [2.24, 2.45) is 0 Å². The number of aryl methyl sites for hydroxylation is 4.